The maximum atomic E-state index is 12.3. The van der Waals surface area contributed by atoms with Crippen molar-refractivity contribution in [2.24, 2.45) is 0 Å². The zero-order chi connectivity index (χ0) is 20.1. The highest BCUT2D eigenvalue weighted by Crippen LogP contribution is 2.24. The summed E-state index contributed by atoms with van der Waals surface area (Å²) in [4.78, 5) is 38.2. The smallest absolute Gasteiger partial charge is 0.261 e. The lowest BCUT2D eigenvalue weighted by molar-refractivity contribution is -0.116. The molecule has 0 fully saturated rings. The first kappa shape index (κ1) is 19.8. The lowest BCUT2D eigenvalue weighted by atomic mass is 10.0. The second-order valence-corrected chi connectivity index (χ2v) is 7.41. The average molecular weight is 378 g/mol. The van der Waals surface area contributed by atoms with Gasteiger partial charge in [-0.25, -0.2) is 0 Å². The van der Waals surface area contributed by atoms with Crippen LogP contribution in [0.2, 0.25) is 0 Å². The zero-order valence-electron chi connectivity index (χ0n) is 16.4. The van der Waals surface area contributed by atoms with Crippen molar-refractivity contribution < 1.29 is 14.4 Å². The van der Waals surface area contributed by atoms with Crippen molar-refractivity contribution in [3.63, 3.8) is 0 Å². The Bertz CT molecular complexity index is 854. The maximum Gasteiger partial charge on any atom is 0.261 e. The predicted octanol–water partition coefficient (Wildman–Crippen LogP) is 4.61. The van der Waals surface area contributed by atoms with Gasteiger partial charge >= 0.3 is 0 Å². The van der Waals surface area contributed by atoms with Gasteiger partial charge < -0.3 is 5.32 Å². The minimum Gasteiger partial charge on any atom is -0.326 e. The molecular weight excluding hydrogens is 352 g/mol. The number of carbonyl (C=O) groups is 3. The summed E-state index contributed by atoms with van der Waals surface area (Å²) >= 11 is 0. The topological polar surface area (TPSA) is 66.5 Å². The number of amides is 3. The molecule has 3 rings (SSSR count). The standard InChI is InChI=1S/C23H26N2O3/c1-16(2)17-10-7-8-13-20(17)24-21(26)14-4-3-9-15-25-22(27)18-11-5-6-12-19(18)23(25)28/h5-8,10-13,16H,3-4,9,14-15H2,1-2H3,(H,24,26). The highest BCUT2D eigenvalue weighted by molar-refractivity contribution is 6.21. The number of unbranched alkanes of at least 4 members (excludes halogenated alkanes) is 2. The SMILES string of the molecule is CC(C)c1ccccc1NC(=O)CCCCCN1C(=O)c2ccccc2C1=O. The molecule has 0 atom stereocenters. The largest absolute Gasteiger partial charge is 0.326 e. The maximum absolute atomic E-state index is 12.3. The fourth-order valence-electron chi connectivity index (χ4n) is 3.50. The van der Waals surface area contributed by atoms with E-state index < -0.39 is 0 Å². The van der Waals surface area contributed by atoms with E-state index in [1.807, 2.05) is 24.3 Å². The van der Waals surface area contributed by atoms with Gasteiger partial charge in [0.2, 0.25) is 5.91 Å². The number of fused-ring (bicyclic) bond motifs is 1. The van der Waals surface area contributed by atoms with Crippen LogP contribution < -0.4 is 5.32 Å². The van der Waals surface area contributed by atoms with Crippen molar-refractivity contribution in [1.82, 2.24) is 4.90 Å². The Kier molecular flexibility index (Phi) is 6.24. The van der Waals surface area contributed by atoms with Crippen molar-refractivity contribution in [1.29, 1.82) is 0 Å². The van der Waals surface area contributed by atoms with Crippen LogP contribution in [0.3, 0.4) is 0 Å². The van der Waals surface area contributed by atoms with E-state index in [0.29, 0.717) is 36.4 Å². The van der Waals surface area contributed by atoms with Gasteiger partial charge in [0.15, 0.2) is 0 Å². The van der Waals surface area contributed by atoms with Gasteiger partial charge in [-0.05, 0) is 42.5 Å². The molecule has 0 aromatic heterocycles. The Morgan fingerprint density at radius 3 is 2.14 bits per heavy atom. The molecule has 1 aliphatic heterocycles. The highest BCUT2D eigenvalue weighted by atomic mass is 16.2. The average Bonchev–Trinajstić information content (AvgIpc) is 2.93. The molecule has 0 saturated carbocycles. The minimum atomic E-state index is -0.219. The number of hydrogen-bond donors (Lipinski definition) is 1. The molecule has 1 aliphatic rings. The molecule has 0 bridgehead atoms. The molecule has 2 aromatic carbocycles. The molecule has 0 unspecified atom stereocenters. The van der Waals surface area contributed by atoms with Crippen molar-refractivity contribution in [2.75, 3.05) is 11.9 Å². The molecule has 1 heterocycles. The monoisotopic (exact) mass is 378 g/mol. The third-order valence-electron chi connectivity index (χ3n) is 5.02. The summed E-state index contributed by atoms with van der Waals surface area (Å²) in [5.74, 6) is -0.0998. The van der Waals surface area contributed by atoms with Gasteiger partial charge in [-0.2, -0.15) is 0 Å². The van der Waals surface area contributed by atoms with Crippen molar-refractivity contribution >= 4 is 23.4 Å². The number of rotatable bonds is 8. The quantitative estimate of drug-likeness (QED) is 0.539. The number of carbonyl (C=O) groups excluding carboxylic acids is 3. The lowest BCUT2D eigenvalue weighted by Crippen LogP contribution is -2.30. The summed E-state index contributed by atoms with van der Waals surface area (Å²) < 4.78 is 0. The number of nitrogens with zero attached hydrogens (tertiary/aromatic N) is 1. The van der Waals surface area contributed by atoms with Crippen LogP contribution in [0, 0.1) is 0 Å². The molecular formula is C23H26N2O3. The van der Waals surface area contributed by atoms with Crippen LogP contribution in [0.25, 0.3) is 0 Å². The van der Waals surface area contributed by atoms with Gasteiger partial charge in [0.25, 0.3) is 11.8 Å². The van der Waals surface area contributed by atoms with E-state index >= 15 is 0 Å². The van der Waals surface area contributed by atoms with Gasteiger partial charge in [0, 0.05) is 18.7 Å². The van der Waals surface area contributed by atoms with Crippen LogP contribution in [0.1, 0.15) is 71.7 Å². The first-order chi connectivity index (χ1) is 13.5. The van der Waals surface area contributed by atoms with Crippen LogP contribution in [-0.4, -0.2) is 29.2 Å². The van der Waals surface area contributed by atoms with Crippen molar-refractivity contribution in [2.45, 2.75) is 45.4 Å². The van der Waals surface area contributed by atoms with E-state index in [2.05, 4.69) is 19.2 Å². The predicted molar refractivity (Wildman–Crippen MR) is 109 cm³/mol. The minimum absolute atomic E-state index is 0.00571. The first-order valence-electron chi connectivity index (χ1n) is 9.83. The second kappa shape index (κ2) is 8.83. The van der Waals surface area contributed by atoms with E-state index in [1.54, 1.807) is 24.3 Å². The second-order valence-electron chi connectivity index (χ2n) is 7.41. The molecule has 3 amide bonds. The van der Waals surface area contributed by atoms with Gasteiger partial charge in [-0.1, -0.05) is 50.6 Å². The Morgan fingerprint density at radius 1 is 0.893 bits per heavy atom. The Hall–Kier alpha value is -2.95. The number of benzene rings is 2. The number of hydrogen-bond acceptors (Lipinski definition) is 3. The third-order valence-corrected chi connectivity index (χ3v) is 5.02. The molecule has 1 N–H and O–H groups in total. The Balaban J connectivity index is 1.42. The van der Waals surface area contributed by atoms with Crippen molar-refractivity contribution in [3.8, 4) is 0 Å². The van der Waals surface area contributed by atoms with Crippen LogP contribution in [0.15, 0.2) is 48.5 Å². The van der Waals surface area contributed by atoms with Crippen LogP contribution in [0.5, 0.6) is 0 Å². The van der Waals surface area contributed by atoms with Crippen molar-refractivity contribution in [3.05, 3.63) is 65.2 Å². The molecule has 5 nitrogen and oxygen atoms in total. The summed E-state index contributed by atoms with van der Waals surface area (Å²) in [6, 6.07) is 14.8. The van der Waals surface area contributed by atoms with Crippen LogP contribution in [-0.2, 0) is 4.79 Å². The molecule has 5 heteroatoms. The van der Waals surface area contributed by atoms with E-state index in [0.717, 1.165) is 24.1 Å². The molecule has 28 heavy (non-hydrogen) atoms. The number of para-hydroxylation sites is 1. The van der Waals surface area contributed by atoms with Crippen LogP contribution >= 0.6 is 0 Å². The first-order valence-corrected chi connectivity index (χ1v) is 9.83. The third kappa shape index (κ3) is 4.30. The summed E-state index contributed by atoms with van der Waals surface area (Å²) in [7, 11) is 0. The molecule has 0 radical (unpaired) electrons. The molecule has 2 aromatic rings. The molecule has 0 spiro atoms. The van der Waals surface area contributed by atoms with Crippen LogP contribution in [0.4, 0.5) is 5.69 Å². The summed E-state index contributed by atoms with van der Waals surface area (Å²) in [6.07, 6.45) is 2.63. The molecule has 0 saturated heterocycles. The lowest BCUT2D eigenvalue weighted by Gasteiger charge is -2.14. The fourth-order valence-corrected chi connectivity index (χ4v) is 3.50. The number of anilines is 1. The van der Waals surface area contributed by atoms with Gasteiger partial charge in [-0.3, -0.25) is 19.3 Å². The summed E-state index contributed by atoms with van der Waals surface area (Å²) in [5.41, 5.74) is 2.96. The van der Waals surface area contributed by atoms with Gasteiger partial charge in [0.05, 0.1) is 11.1 Å². The van der Waals surface area contributed by atoms with E-state index in [-0.39, 0.29) is 17.7 Å². The van der Waals surface area contributed by atoms with E-state index in [4.69, 9.17) is 0 Å². The Morgan fingerprint density at radius 2 is 1.50 bits per heavy atom. The van der Waals surface area contributed by atoms with E-state index in [9.17, 15) is 14.4 Å². The summed E-state index contributed by atoms with van der Waals surface area (Å²) in [6.45, 7) is 4.60. The number of imide groups is 1. The van der Waals surface area contributed by atoms with Gasteiger partial charge in [-0.15, -0.1) is 0 Å². The molecule has 146 valence electrons. The normalized spacial score (nSPS) is 13.2. The number of nitrogens with one attached hydrogen (secondary N) is 1. The highest BCUT2D eigenvalue weighted by Gasteiger charge is 2.34. The van der Waals surface area contributed by atoms with Gasteiger partial charge in [0.1, 0.15) is 0 Å². The zero-order valence-corrected chi connectivity index (χ0v) is 16.4. The fraction of sp³-hybridized carbons (Fsp3) is 0.348. The molecule has 0 aliphatic carbocycles. The van der Waals surface area contributed by atoms with E-state index in [1.165, 1.54) is 4.90 Å². The Labute approximate surface area is 165 Å². The summed E-state index contributed by atoms with van der Waals surface area (Å²) in [5, 5.41) is 2.99.